The largest absolute Gasteiger partial charge is 0.455 e. The third kappa shape index (κ3) is 6.04. The Morgan fingerprint density at radius 2 is 0.742 bits per heavy atom. The minimum Gasteiger partial charge on any atom is -0.455 e. The van der Waals surface area contributed by atoms with Gasteiger partial charge in [0.1, 0.15) is 11.2 Å². The Hall–Kier alpha value is -8.20. The molecule has 0 aliphatic rings. The van der Waals surface area contributed by atoms with E-state index in [2.05, 4.69) is 241 Å². The molecule has 0 fully saturated rings. The van der Waals surface area contributed by atoms with E-state index in [0.717, 1.165) is 55.5 Å². The predicted octanol–water partition coefficient (Wildman–Crippen LogP) is 17.2. The molecule has 0 aliphatic heterocycles. The average Bonchev–Trinajstić information content (AvgIpc) is 3.75. The number of anilines is 3. The van der Waals surface area contributed by atoms with E-state index < -0.39 is 0 Å². The maximum atomic E-state index is 6.95. The molecule has 1 aromatic heterocycles. The maximum Gasteiger partial charge on any atom is 0.143 e. The van der Waals surface area contributed by atoms with Crippen molar-refractivity contribution in [3.63, 3.8) is 0 Å². The molecule has 11 aromatic carbocycles. The molecule has 0 aliphatic carbocycles. The number of rotatable bonds is 7. The highest BCUT2D eigenvalue weighted by molar-refractivity contribution is 6.32. The molecule has 290 valence electrons. The molecule has 0 radical (unpaired) electrons. The molecular formula is C60H39NO. The maximum absolute atomic E-state index is 6.95. The molecule has 0 amide bonds. The fraction of sp³-hybridized carbons (Fsp3) is 0. The van der Waals surface area contributed by atoms with Gasteiger partial charge in [0.25, 0.3) is 0 Å². The molecule has 12 aromatic rings. The molecule has 0 bridgehead atoms. The van der Waals surface area contributed by atoms with Gasteiger partial charge < -0.3 is 9.32 Å². The van der Waals surface area contributed by atoms with Crippen molar-refractivity contribution >= 4 is 71.3 Å². The Morgan fingerprint density at radius 1 is 0.290 bits per heavy atom. The molecular weight excluding hydrogens is 751 g/mol. The lowest BCUT2D eigenvalue weighted by Gasteiger charge is -2.26. The lowest BCUT2D eigenvalue weighted by atomic mass is 9.88. The predicted molar refractivity (Wildman–Crippen MR) is 263 cm³/mol. The average molecular weight is 790 g/mol. The normalized spacial score (nSPS) is 11.5. The zero-order valence-corrected chi connectivity index (χ0v) is 33.9. The Kier molecular flexibility index (Phi) is 8.53. The van der Waals surface area contributed by atoms with Crippen molar-refractivity contribution in [1.29, 1.82) is 0 Å². The Morgan fingerprint density at radius 3 is 1.34 bits per heavy atom. The molecule has 0 unspecified atom stereocenters. The van der Waals surface area contributed by atoms with Gasteiger partial charge in [0, 0.05) is 38.8 Å². The third-order valence-electron chi connectivity index (χ3n) is 12.5. The van der Waals surface area contributed by atoms with Crippen molar-refractivity contribution in [3.8, 4) is 44.5 Å². The van der Waals surface area contributed by atoms with Crippen LogP contribution < -0.4 is 4.90 Å². The van der Waals surface area contributed by atoms with E-state index in [0.29, 0.717) is 0 Å². The first kappa shape index (κ1) is 35.7. The molecule has 0 saturated heterocycles. The van der Waals surface area contributed by atoms with Crippen molar-refractivity contribution < 1.29 is 4.42 Å². The van der Waals surface area contributed by atoms with Crippen LogP contribution in [0.3, 0.4) is 0 Å². The lowest BCUT2D eigenvalue weighted by molar-refractivity contribution is 0.673. The number of hydrogen-bond acceptors (Lipinski definition) is 2. The van der Waals surface area contributed by atoms with Crippen LogP contribution in [0, 0.1) is 0 Å². The van der Waals surface area contributed by atoms with Crippen molar-refractivity contribution in [2.24, 2.45) is 0 Å². The highest BCUT2D eigenvalue weighted by atomic mass is 16.3. The highest BCUT2D eigenvalue weighted by Gasteiger charge is 2.22. The minimum atomic E-state index is 0.878. The zero-order chi connectivity index (χ0) is 41.0. The fourth-order valence-electron chi connectivity index (χ4n) is 9.48. The van der Waals surface area contributed by atoms with E-state index in [9.17, 15) is 0 Å². The van der Waals surface area contributed by atoms with E-state index >= 15 is 0 Å². The summed E-state index contributed by atoms with van der Waals surface area (Å²) in [5.41, 5.74) is 14.4. The van der Waals surface area contributed by atoms with E-state index in [-0.39, 0.29) is 0 Å². The van der Waals surface area contributed by atoms with Crippen LogP contribution >= 0.6 is 0 Å². The van der Waals surface area contributed by atoms with Gasteiger partial charge in [-0.3, -0.25) is 0 Å². The van der Waals surface area contributed by atoms with E-state index in [1.54, 1.807) is 0 Å². The summed E-state index contributed by atoms with van der Waals surface area (Å²) in [4.78, 5) is 2.35. The summed E-state index contributed by atoms with van der Waals surface area (Å²) in [6.07, 6.45) is 0. The van der Waals surface area contributed by atoms with Crippen LogP contribution in [0.25, 0.3) is 98.8 Å². The number of furan rings is 1. The van der Waals surface area contributed by atoms with Crippen LogP contribution in [-0.2, 0) is 0 Å². The molecule has 0 saturated carbocycles. The second kappa shape index (κ2) is 14.8. The number of fused-ring (bicyclic) bond motifs is 9. The minimum absolute atomic E-state index is 0.878. The first-order valence-electron chi connectivity index (χ1n) is 21.2. The number of hydrogen-bond donors (Lipinski definition) is 0. The second-order valence-corrected chi connectivity index (χ2v) is 16.0. The summed E-state index contributed by atoms with van der Waals surface area (Å²) in [5, 5.41) is 9.46. The second-order valence-electron chi connectivity index (χ2n) is 16.0. The Balaban J connectivity index is 1.06. The van der Waals surface area contributed by atoms with Gasteiger partial charge in [-0.15, -0.1) is 0 Å². The van der Waals surface area contributed by atoms with Crippen LogP contribution in [0.1, 0.15) is 0 Å². The Labute approximate surface area is 360 Å². The Bertz CT molecular complexity index is 3510. The molecule has 0 spiro atoms. The molecule has 1 heterocycles. The first-order valence-corrected chi connectivity index (χ1v) is 21.2. The van der Waals surface area contributed by atoms with Crippen LogP contribution in [0.2, 0.25) is 0 Å². The van der Waals surface area contributed by atoms with Crippen molar-refractivity contribution in [2.75, 3.05) is 4.90 Å². The molecule has 0 N–H and O–H groups in total. The fourth-order valence-corrected chi connectivity index (χ4v) is 9.48. The summed E-state index contributed by atoms with van der Waals surface area (Å²) in [6, 6.07) is 85.3. The van der Waals surface area contributed by atoms with E-state index in [1.807, 2.05) is 0 Å². The van der Waals surface area contributed by atoms with Gasteiger partial charge >= 0.3 is 0 Å². The smallest absolute Gasteiger partial charge is 0.143 e. The van der Waals surface area contributed by atoms with Crippen LogP contribution in [0.5, 0.6) is 0 Å². The molecule has 2 nitrogen and oxygen atoms in total. The summed E-state index contributed by atoms with van der Waals surface area (Å²) in [7, 11) is 0. The van der Waals surface area contributed by atoms with E-state index in [4.69, 9.17) is 4.42 Å². The van der Waals surface area contributed by atoms with Gasteiger partial charge in [0.15, 0.2) is 0 Å². The van der Waals surface area contributed by atoms with Gasteiger partial charge in [-0.05, 0) is 114 Å². The SMILES string of the molecule is c1ccc(-c2ccc(N(c3ccc(-c4ccccc4)cc3)c3ccc(-c4c(-c5ccc6ccccc6c5)ccc5oc6c7ccccc7c7ccccc7c6c45)cc3)cc2)cc1. The van der Waals surface area contributed by atoms with Gasteiger partial charge in [-0.1, -0.05) is 188 Å². The topological polar surface area (TPSA) is 16.4 Å². The van der Waals surface area contributed by atoms with Crippen molar-refractivity contribution in [2.45, 2.75) is 0 Å². The number of benzene rings is 11. The summed E-state index contributed by atoms with van der Waals surface area (Å²) in [5.74, 6) is 0. The summed E-state index contributed by atoms with van der Waals surface area (Å²) >= 11 is 0. The molecule has 62 heavy (non-hydrogen) atoms. The van der Waals surface area contributed by atoms with Gasteiger partial charge in [0.05, 0.1) is 0 Å². The highest BCUT2D eigenvalue weighted by Crippen LogP contribution is 2.48. The van der Waals surface area contributed by atoms with Crippen LogP contribution in [0.4, 0.5) is 17.1 Å². The van der Waals surface area contributed by atoms with Gasteiger partial charge in [-0.2, -0.15) is 0 Å². The van der Waals surface area contributed by atoms with Crippen molar-refractivity contribution in [3.05, 3.63) is 237 Å². The monoisotopic (exact) mass is 789 g/mol. The molecule has 2 heteroatoms. The zero-order valence-electron chi connectivity index (χ0n) is 33.9. The first-order chi connectivity index (χ1) is 30.7. The third-order valence-corrected chi connectivity index (χ3v) is 12.5. The van der Waals surface area contributed by atoms with Crippen LogP contribution in [-0.4, -0.2) is 0 Å². The molecule has 0 atom stereocenters. The van der Waals surface area contributed by atoms with Gasteiger partial charge in [0.2, 0.25) is 0 Å². The van der Waals surface area contributed by atoms with Crippen LogP contribution in [0.15, 0.2) is 241 Å². The number of nitrogens with zero attached hydrogens (tertiary/aromatic N) is 1. The molecule has 12 rings (SSSR count). The summed E-state index contributed by atoms with van der Waals surface area (Å²) in [6.45, 7) is 0. The lowest BCUT2D eigenvalue weighted by Crippen LogP contribution is -2.09. The van der Waals surface area contributed by atoms with Crippen molar-refractivity contribution in [1.82, 2.24) is 0 Å². The van der Waals surface area contributed by atoms with E-state index in [1.165, 1.54) is 60.3 Å². The summed E-state index contributed by atoms with van der Waals surface area (Å²) < 4.78 is 6.95. The quantitative estimate of drug-likeness (QED) is 0.150. The standard InChI is InChI=1S/C60H39NO/c1-3-13-40(14-4-1)43-25-31-48(32-26-43)61(49-33-27-44(28-34-49)41-15-5-2-6-16-41)50-35-29-45(30-36-50)57-51(47-24-23-42-17-7-8-18-46(42)39-47)37-38-56-59(57)58-54-21-11-9-19-52(54)53-20-10-12-22-55(53)60(58)62-56/h1-39H. The van der Waals surface area contributed by atoms with Gasteiger partial charge in [-0.25, -0.2) is 0 Å².